The molecule has 188 valence electrons. The summed E-state index contributed by atoms with van der Waals surface area (Å²) in [6.45, 7) is 3.57. The van der Waals surface area contributed by atoms with Gasteiger partial charge in [-0.15, -0.1) is 0 Å². The third-order valence-corrected chi connectivity index (χ3v) is 6.90. The molecule has 1 aliphatic carbocycles. The van der Waals surface area contributed by atoms with E-state index in [0.29, 0.717) is 29.7 Å². The normalized spacial score (nSPS) is 14.6. The molecule has 37 heavy (non-hydrogen) atoms. The fraction of sp³-hybridized carbons (Fsp3) is 0.207. The predicted molar refractivity (Wildman–Crippen MR) is 137 cm³/mol. The van der Waals surface area contributed by atoms with Gasteiger partial charge in [0.25, 0.3) is 0 Å². The molecule has 0 aliphatic heterocycles. The first-order valence-electron chi connectivity index (χ1n) is 12.0. The van der Waals surface area contributed by atoms with Gasteiger partial charge >= 0.3 is 12.1 Å². The SMILES string of the molecule is Cc1c(-c2ccccc2)ccc(C2(C(=O)O)CC2)c1-n1ncc(F)c1NC(=O)OC(C)c1ccccc1. The van der Waals surface area contributed by atoms with Crippen LogP contribution in [-0.4, -0.2) is 26.9 Å². The third kappa shape index (κ3) is 4.46. The van der Waals surface area contributed by atoms with E-state index >= 15 is 4.39 Å². The summed E-state index contributed by atoms with van der Waals surface area (Å²) in [7, 11) is 0. The molecule has 0 saturated heterocycles. The standard InChI is InChI=1S/C29H26FN3O4/c1-18-22(21-11-7-4-8-12-21)13-14-23(29(15-16-29)27(34)35)25(18)33-26(24(30)17-31-33)32-28(36)37-19(2)20-9-5-3-6-10-20/h3-14,17,19H,15-16H2,1-2H3,(H,32,36)(H,34,35). The van der Waals surface area contributed by atoms with E-state index < -0.39 is 29.4 Å². The number of nitrogens with one attached hydrogen (secondary N) is 1. The summed E-state index contributed by atoms with van der Waals surface area (Å²) in [5.41, 5.74) is 3.14. The van der Waals surface area contributed by atoms with E-state index in [1.54, 1.807) is 13.0 Å². The molecule has 3 aromatic carbocycles. The molecule has 7 nitrogen and oxygen atoms in total. The Morgan fingerprint density at radius 3 is 2.32 bits per heavy atom. The smallest absolute Gasteiger partial charge is 0.413 e. The molecule has 1 unspecified atom stereocenters. The summed E-state index contributed by atoms with van der Waals surface area (Å²) in [5, 5.41) is 16.7. The van der Waals surface area contributed by atoms with Crippen LogP contribution in [0.2, 0.25) is 0 Å². The van der Waals surface area contributed by atoms with E-state index in [9.17, 15) is 14.7 Å². The van der Waals surface area contributed by atoms with E-state index in [-0.39, 0.29) is 5.82 Å². The number of carbonyl (C=O) groups excluding carboxylic acids is 1. The quantitative estimate of drug-likeness (QED) is 0.306. The molecule has 1 saturated carbocycles. The Kier molecular flexibility index (Phi) is 6.25. The number of hydrogen-bond acceptors (Lipinski definition) is 4. The molecule has 1 amide bonds. The van der Waals surface area contributed by atoms with Crippen molar-refractivity contribution in [1.82, 2.24) is 9.78 Å². The molecule has 1 aliphatic rings. The van der Waals surface area contributed by atoms with Crippen molar-refractivity contribution in [1.29, 1.82) is 0 Å². The lowest BCUT2D eigenvalue weighted by Crippen LogP contribution is -2.24. The van der Waals surface area contributed by atoms with Gasteiger partial charge in [0.05, 0.1) is 17.3 Å². The Bertz CT molecular complexity index is 1460. The highest BCUT2D eigenvalue weighted by molar-refractivity contribution is 5.89. The van der Waals surface area contributed by atoms with Crippen LogP contribution in [0.25, 0.3) is 16.8 Å². The molecule has 8 heteroatoms. The molecule has 1 heterocycles. The van der Waals surface area contributed by atoms with Crippen LogP contribution in [0.15, 0.2) is 79.0 Å². The topological polar surface area (TPSA) is 93.5 Å². The summed E-state index contributed by atoms with van der Waals surface area (Å²) in [4.78, 5) is 25.0. The highest BCUT2D eigenvalue weighted by Crippen LogP contribution is 2.52. The minimum absolute atomic E-state index is 0.221. The van der Waals surface area contributed by atoms with Crippen molar-refractivity contribution >= 4 is 17.9 Å². The maximum atomic E-state index is 15.0. The summed E-state index contributed by atoms with van der Waals surface area (Å²) in [6.07, 6.45) is 0.496. The fourth-order valence-electron chi connectivity index (χ4n) is 4.70. The third-order valence-electron chi connectivity index (χ3n) is 6.90. The predicted octanol–water partition coefficient (Wildman–Crippen LogP) is 6.41. The first-order valence-corrected chi connectivity index (χ1v) is 12.0. The van der Waals surface area contributed by atoms with Crippen molar-refractivity contribution in [2.45, 2.75) is 38.2 Å². The molecule has 0 spiro atoms. The number of benzene rings is 3. The molecule has 0 radical (unpaired) electrons. The second kappa shape index (κ2) is 9.54. The summed E-state index contributed by atoms with van der Waals surface area (Å²) < 4.78 is 21.7. The van der Waals surface area contributed by atoms with Gasteiger partial charge in [-0.25, -0.2) is 13.9 Å². The Balaban J connectivity index is 1.57. The number of carboxylic acid groups (broad SMARTS) is 1. The van der Waals surface area contributed by atoms with Crippen molar-refractivity contribution in [2.75, 3.05) is 5.32 Å². The monoisotopic (exact) mass is 499 g/mol. The first-order chi connectivity index (χ1) is 17.8. The Morgan fingerprint density at radius 2 is 1.70 bits per heavy atom. The van der Waals surface area contributed by atoms with Crippen LogP contribution in [0.5, 0.6) is 0 Å². The van der Waals surface area contributed by atoms with Crippen LogP contribution in [0, 0.1) is 12.7 Å². The number of amides is 1. The van der Waals surface area contributed by atoms with Crippen molar-refractivity contribution in [3.8, 4) is 16.8 Å². The van der Waals surface area contributed by atoms with Gasteiger partial charge in [-0.05, 0) is 54.5 Å². The summed E-state index contributed by atoms with van der Waals surface area (Å²) in [5.74, 6) is -1.93. The minimum atomic E-state index is -1.09. The second-order valence-electron chi connectivity index (χ2n) is 9.22. The highest BCUT2D eigenvalue weighted by atomic mass is 19.1. The van der Waals surface area contributed by atoms with Crippen molar-refractivity contribution in [2.24, 2.45) is 0 Å². The van der Waals surface area contributed by atoms with Crippen molar-refractivity contribution in [3.05, 3.63) is 102 Å². The molecular formula is C29H26FN3O4. The van der Waals surface area contributed by atoms with Crippen LogP contribution in [0.3, 0.4) is 0 Å². The number of ether oxygens (including phenoxy) is 1. The van der Waals surface area contributed by atoms with Crippen LogP contribution in [-0.2, 0) is 14.9 Å². The van der Waals surface area contributed by atoms with E-state index in [2.05, 4.69) is 10.4 Å². The fourth-order valence-corrected chi connectivity index (χ4v) is 4.70. The number of rotatable bonds is 7. The zero-order valence-corrected chi connectivity index (χ0v) is 20.4. The van der Waals surface area contributed by atoms with Gasteiger partial charge in [0.2, 0.25) is 0 Å². The first kappa shape index (κ1) is 24.2. The van der Waals surface area contributed by atoms with Crippen LogP contribution in [0.4, 0.5) is 15.0 Å². The number of halogens is 1. The van der Waals surface area contributed by atoms with E-state index in [4.69, 9.17) is 4.74 Å². The largest absolute Gasteiger partial charge is 0.481 e. The Labute approximate surface area is 213 Å². The number of aromatic nitrogens is 2. The van der Waals surface area contributed by atoms with Gasteiger partial charge in [-0.1, -0.05) is 72.8 Å². The number of hydrogen-bond donors (Lipinski definition) is 2. The molecular weight excluding hydrogens is 473 g/mol. The van der Waals surface area contributed by atoms with Crippen LogP contribution < -0.4 is 5.32 Å². The lowest BCUT2D eigenvalue weighted by Gasteiger charge is -2.22. The molecule has 4 aromatic rings. The number of carboxylic acids is 1. The molecule has 5 rings (SSSR count). The minimum Gasteiger partial charge on any atom is -0.481 e. The number of aliphatic carboxylic acids is 1. The van der Waals surface area contributed by atoms with Crippen molar-refractivity contribution in [3.63, 3.8) is 0 Å². The molecule has 1 atom stereocenters. The Hall–Kier alpha value is -4.46. The lowest BCUT2D eigenvalue weighted by atomic mass is 9.88. The van der Waals surface area contributed by atoms with E-state index in [0.717, 1.165) is 22.9 Å². The second-order valence-corrected chi connectivity index (χ2v) is 9.22. The number of anilines is 1. The average Bonchev–Trinajstić information content (AvgIpc) is 3.65. The van der Waals surface area contributed by atoms with Gasteiger partial charge in [0, 0.05) is 0 Å². The van der Waals surface area contributed by atoms with Gasteiger partial charge in [-0.3, -0.25) is 10.1 Å². The lowest BCUT2D eigenvalue weighted by molar-refractivity contribution is -0.140. The summed E-state index contributed by atoms with van der Waals surface area (Å²) in [6, 6.07) is 22.5. The van der Waals surface area contributed by atoms with Gasteiger partial charge in [0.1, 0.15) is 6.10 Å². The zero-order valence-electron chi connectivity index (χ0n) is 20.4. The van der Waals surface area contributed by atoms with Crippen molar-refractivity contribution < 1.29 is 23.8 Å². The number of nitrogens with zero attached hydrogens (tertiary/aromatic N) is 2. The van der Waals surface area contributed by atoms with Crippen LogP contribution >= 0.6 is 0 Å². The molecule has 1 fully saturated rings. The zero-order chi connectivity index (χ0) is 26.2. The molecule has 2 N–H and O–H groups in total. The van der Waals surface area contributed by atoms with Gasteiger partial charge in [0.15, 0.2) is 11.6 Å². The van der Waals surface area contributed by atoms with Gasteiger partial charge in [-0.2, -0.15) is 5.10 Å². The molecule has 1 aromatic heterocycles. The molecule has 0 bridgehead atoms. The average molecular weight is 500 g/mol. The van der Waals surface area contributed by atoms with E-state index in [1.807, 2.05) is 73.7 Å². The highest BCUT2D eigenvalue weighted by Gasteiger charge is 2.53. The van der Waals surface area contributed by atoms with Crippen LogP contribution in [0.1, 0.15) is 42.6 Å². The maximum absolute atomic E-state index is 15.0. The van der Waals surface area contributed by atoms with E-state index in [1.165, 1.54) is 4.68 Å². The number of carbonyl (C=O) groups is 2. The summed E-state index contributed by atoms with van der Waals surface area (Å²) >= 11 is 0. The van der Waals surface area contributed by atoms with Gasteiger partial charge < -0.3 is 9.84 Å². The Morgan fingerprint density at radius 1 is 1.05 bits per heavy atom. The maximum Gasteiger partial charge on any atom is 0.413 e.